The number of carbonyl (C=O) groups excluding carboxylic acids is 2. The van der Waals surface area contributed by atoms with E-state index in [0.717, 1.165) is 11.1 Å². The van der Waals surface area contributed by atoms with Crippen LogP contribution in [0, 0.1) is 13.8 Å². The predicted octanol–water partition coefficient (Wildman–Crippen LogP) is 3.01. The molecule has 0 bridgehead atoms. The number of hydrogen-bond donors (Lipinski definition) is 2. The number of nitrogens with one attached hydrogen (secondary N) is 2. The molecule has 0 aliphatic heterocycles. The van der Waals surface area contributed by atoms with Gasteiger partial charge in [0, 0.05) is 31.6 Å². The van der Waals surface area contributed by atoms with E-state index in [4.69, 9.17) is 0 Å². The Morgan fingerprint density at radius 3 is 2.50 bits per heavy atom. The van der Waals surface area contributed by atoms with Crippen LogP contribution in [-0.4, -0.2) is 26.5 Å². The maximum atomic E-state index is 12.7. The summed E-state index contributed by atoms with van der Waals surface area (Å²) in [6.07, 6.45) is 3.65. The number of H-pyrrole nitrogens is 1. The fourth-order valence-electron chi connectivity index (χ4n) is 3.16. The SMILES string of the molecule is CC(=O)c1[nH]c(C)c(C(=O)NCc2ccccc2Cn2cccn2)c1C. The Morgan fingerprint density at radius 1 is 1.15 bits per heavy atom. The minimum absolute atomic E-state index is 0.0748. The average Bonchev–Trinajstić information content (AvgIpc) is 3.21. The molecule has 3 aromatic rings. The smallest absolute Gasteiger partial charge is 0.253 e. The molecule has 0 aliphatic carbocycles. The fourth-order valence-corrected chi connectivity index (χ4v) is 3.16. The molecular weight excluding hydrogens is 328 g/mol. The molecule has 6 nitrogen and oxygen atoms in total. The molecular formula is C20H22N4O2. The van der Waals surface area contributed by atoms with Crippen molar-refractivity contribution in [3.8, 4) is 0 Å². The van der Waals surface area contributed by atoms with Crippen molar-refractivity contribution in [1.29, 1.82) is 0 Å². The van der Waals surface area contributed by atoms with Gasteiger partial charge in [-0.1, -0.05) is 24.3 Å². The molecule has 1 amide bonds. The molecule has 26 heavy (non-hydrogen) atoms. The first-order chi connectivity index (χ1) is 12.5. The third-order valence-electron chi connectivity index (χ3n) is 4.47. The molecule has 6 heteroatoms. The van der Waals surface area contributed by atoms with Crippen LogP contribution in [-0.2, 0) is 13.1 Å². The van der Waals surface area contributed by atoms with Gasteiger partial charge in [0.15, 0.2) is 5.78 Å². The highest BCUT2D eigenvalue weighted by molar-refractivity contribution is 6.02. The molecule has 2 aromatic heterocycles. The van der Waals surface area contributed by atoms with Crippen molar-refractivity contribution in [2.45, 2.75) is 33.9 Å². The fraction of sp³-hybridized carbons (Fsp3) is 0.250. The highest BCUT2D eigenvalue weighted by Gasteiger charge is 2.20. The van der Waals surface area contributed by atoms with Gasteiger partial charge < -0.3 is 10.3 Å². The van der Waals surface area contributed by atoms with Crippen molar-refractivity contribution < 1.29 is 9.59 Å². The topological polar surface area (TPSA) is 79.8 Å². The number of ketones is 1. The average molecular weight is 350 g/mol. The summed E-state index contributed by atoms with van der Waals surface area (Å²) < 4.78 is 1.85. The maximum Gasteiger partial charge on any atom is 0.253 e. The van der Waals surface area contributed by atoms with Gasteiger partial charge in [0.05, 0.1) is 17.8 Å². The highest BCUT2D eigenvalue weighted by atomic mass is 16.1. The van der Waals surface area contributed by atoms with Gasteiger partial charge in [0.25, 0.3) is 5.91 Å². The van der Waals surface area contributed by atoms with Gasteiger partial charge in [-0.2, -0.15) is 5.10 Å². The molecule has 0 saturated heterocycles. The lowest BCUT2D eigenvalue weighted by molar-refractivity contribution is 0.0949. The number of amides is 1. The Morgan fingerprint density at radius 2 is 1.88 bits per heavy atom. The molecule has 0 unspecified atom stereocenters. The van der Waals surface area contributed by atoms with Gasteiger partial charge in [0.2, 0.25) is 0 Å². The van der Waals surface area contributed by atoms with E-state index in [1.807, 2.05) is 41.2 Å². The monoisotopic (exact) mass is 350 g/mol. The van der Waals surface area contributed by atoms with Crippen LogP contribution in [0.2, 0.25) is 0 Å². The first-order valence-electron chi connectivity index (χ1n) is 8.50. The number of aromatic nitrogens is 3. The van der Waals surface area contributed by atoms with E-state index in [2.05, 4.69) is 15.4 Å². The maximum absolute atomic E-state index is 12.7. The Hall–Kier alpha value is -3.15. The summed E-state index contributed by atoms with van der Waals surface area (Å²) in [5, 5.41) is 7.20. The third kappa shape index (κ3) is 3.59. The Balaban J connectivity index is 1.76. The number of aromatic amines is 1. The predicted molar refractivity (Wildman–Crippen MR) is 99.2 cm³/mol. The summed E-state index contributed by atoms with van der Waals surface area (Å²) in [7, 11) is 0. The molecule has 0 aliphatic rings. The lowest BCUT2D eigenvalue weighted by atomic mass is 10.1. The van der Waals surface area contributed by atoms with Gasteiger partial charge in [-0.05, 0) is 36.6 Å². The van der Waals surface area contributed by atoms with E-state index < -0.39 is 0 Å². The third-order valence-corrected chi connectivity index (χ3v) is 4.47. The van der Waals surface area contributed by atoms with Crippen molar-refractivity contribution in [2.75, 3.05) is 0 Å². The van der Waals surface area contributed by atoms with Gasteiger partial charge in [-0.15, -0.1) is 0 Å². The van der Waals surface area contributed by atoms with Crippen molar-refractivity contribution in [2.24, 2.45) is 0 Å². The van der Waals surface area contributed by atoms with E-state index in [1.54, 1.807) is 20.0 Å². The van der Waals surface area contributed by atoms with E-state index in [-0.39, 0.29) is 11.7 Å². The number of aryl methyl sites for hydroxylation is 1. The standard InChI is InChI=1S/C20H22N4O2/c1-13-18(14(2)23-19(13)15(3)25)20(26)21-11-16-7-4-5-8-17(16)12-24-10-6-9-22-24/h4-10,23H,11-12H2,1-3H3,(H,21,26). The number of Topliss-reactive ketones (excluding diaryl/α,β-unsaturated/α-hetero) is 1. The van der Waals surface area contributed by atoms with Crippen LogP contribution in [0.15, 0.2) is 42.7 Å². The van der Waals surface area contributed by atoms with Crippen molar-refractivity contribution in [1.82, 2.24) is 20.1 Å². The molecule has 0 fully saturated rings. The zero-order valence-corrected chi connectivity index (χ0v) is 15.2. The lowest BCUT2D eigenvalue weighted by Crippen LogP contribution is -2.24. The molecule has 2 heterocycles. The summed E-state index contributed by atoms with van der Waals surface area (Å²) >= 11 is 0. The van der Waals surface area contributed by atoms with Gasteiger partial charge in [0.1, 0.15) is 0 Å². The van der Waals surface area contributed by atoms with Crippen LogP contribution in [0.25, 0.3) is 0 Å². The first-order valence-corrected chi connectivity index (χ1v) is 8.50. The van der Waals surface area contributed by atoms with E-state index in [0.29, 0.717) is 35.6 Å². The zero-order chi connectivity index (χ0) is 18.7. The molecule has 1 aromatic carbocycles. The normalized spacial score (nSPS) is 10.7. The second-order valence-corrected chi connectivity index (χ2v) is 6.34. The highest BCUT2D eigenvalue weighted by Crippen LogP contribution is 2.19. The van der Waals surface area contributed by atoms with E-state index >= 15 is 0 Å². The zero-order valence-electron chi connectivity index (χ0n) is 15.2. The van der Waals surface area contributed by atoms with Crippen LogP contribution in [0.4, 0.5) is 0 Å². The lowest BCUT2D eigenvalue weighted by Gasteiger charge is -2.11. The molecule has 0 radical (unpaired) electrons. The van der Waals surface area contributed by atoms with Crippen LogP contribution >= 0.6 is 0 Å². The first kappa shape index (κ1) is 17.7. The second kappa shape index (κ2) is 7.39. The van der Waals surface area contributed by atoms with Crippen LogP contribution < -0.4 is 5.32 Å². The Kier molecular flexibility index (Phi) is 5.02. The quantitative estimate of drug-likeness (QED) is 0.671. The van der Waals surface area contributed by atoms with Crippen LogP contribution in [0.1, 0.15) is 50.2 Å². The molecule has 134 valence electrons. The molecule has 3 rings (SSSR count). The number of hydrogen-bond acceptors (Lipinski definition) is 3. The van der Waals surface area contributed by atoms with E-state index in [9.17, 15) is 9.59 Å². The Labute approximate surface area is 152 Å². The van der Waals surface area contributed by atoms with Crippen molar-refractivity contribution >= 4 is 11.7 Å². The largest absolute Gasteiger partial charge is 0.355 e. The summed E-state index contributed by atoms with van der Waals surface area (Å²) in [5.74, 6) is -0.258. The second-order valence-electron chi connectivity index (χ2n) is 6.34. The molecule has 0 spiro atoms. The van der Waals surface area contributed by atoms with Crippen LogP contribution in [0.5, 0.6) is 0 Å². The minimum Gasteiger partial charge on any atom is -0.355 e. The van der Waals surface area contributed by atoms with Gasteiger partial charge >= 0.3 is 0 Å². The molecule has 0 atom stereocenters. The van der Waals surface area contributed by atoms with Crippen molar-refractivity contribution in [3.63, 3.8) is 0 Å². The Bertz CT molecular complexity index is 939. The summed E-state index contributed by atoms with van der Waals surface area (Å²) in [5.41, 5.74) is 4.57. The summed E-state index contributed by atoms with van der Waals surface area (Å²) in [4.78, 5) is 27.3. The number of benzene rings is 1. The molecule has 2 N–H and O–H groups in total. The van der Waals surface area contributed by atoms with Gasteiger partial charge in [-0.3, -0.25) is 14.3 Å². The number of rotatable bonds is 6. The van der Waals surface area contributed by atoms with Crippen molar-refractivity contribution in [3.05, 3.63) is 76.4 Å². The summed E-state index contributed by atoms with van der Waals surface area (Å²) in [6, 6.07) is 9.84. The van der Waals surface area contributed by atoms with Gasteiger partial charge in [-0.25, -0.2) is 0 Å². The molecule has 0 saturated carbocycles. The number of carbonyl (C=O) groups is 2. The minimum atomic E-state index is -0.183. The number of nitrogens with zero attached hydrogens (tertiary/aromatic N) is 2. The van der Waals surface area contributed by atoms with E-state index in [1.165, 1.54) is 6.92 Å². The van der Waals surface area contributed by atoms with Crippen LogP contribution in [0.3, 0.4) is 0 Å². The summed E-state index contributed by atoms with van der Waals surface area (Å²) in [6.45, 7) is 6.15.